The number of aryl methyl sites for hydroxylation is 1. The van der Waals surface area contributed by atoms with Crippen molar-refractivity contribution in [2.45, 2.75) is 26.3 Å². The number of hydrogen-bond donors (Lipinski definition) is 2. The van der Waals surface area contributed by atoms with E-state index in [0.29, 0.717) is 11.7 Å². The van der Waals surface area contributed by atoms with Crippen LogP contribution in [0.1, 0.15) is 19.4 Å². The Kier molecular flexibility index (Phi) is 6.22. The highest BCUT2D eigenvalue weighted by Gasteiger charge is 2.05. The van der Waals surface area contributed by atoms with Crippen LogP contribution in [0.2, 0.25) is 0 Å². The summed E-state index contributed by atoms with van der Waals surface area (Å²) in [5, 5.41) is 7.01. The van der Waals surface area contributed by atoms with E-state index in [2.05, 4.69) is 29.7 Å². The fraction of sp³-hybridized carbons (Fsp3) is 0.278. The Hall–Kier alpha value is -2.07. The standard InChI is InChI=1S/C18H22N2OS/c1-3-15-9-11-16(12-10-15)20-18(22)19-14(2)13-21-17-7-5-4-6-8-17/h4-12,14H,3,13H2,1-2H3,(H2,19,20,22)/t14-/m0/s1. The number of para-hydroxylation sites is 1. The van der Waals surface area contributed by atoms with Crippen LogP contribution in [0.25, 0.3) is 0 Å². The van der Waals surface area contributed by atoms with Crippen LogP contribution in [-0.4, -0.2) is 17.8 Å². The molecule has 0 bridgehead atoms. The quantitative estimate of drug-likeness (QED) is 0.790. The average molecular weight is 314 g/mol. The van der Waals surface area contributed by atoms with Gasteiger partial charge in [-0.05, 0) is 55.4 Å². The molecule has 2 rings (SSSR count). The van der Waals surface area contributed by atoms with Crippen molar-refractivity contribution in [2.24, 2.45) is 0 Å². The Labute approximate surface area is 137 Å². The summed E-state index contributed by atoms with van der Waals surface area (Å²) in [6, 6.07) is 18.2. The predicted octanol–water partition coefficient (Wildman–Crippen LogP) is 4.00. The molecule has 2 N–H and O–H groups in total. The van der Waals surface area contributed by atoms with E-state index in [1.165, 1.54) is 5.56 Å². The van der Waals surface area contributed by atoms with Crippen LogP contribution < -0.4 is 15.4 Å². The molecule has 0 heterocycles. The third-order valence-corrected chi connectivity index (χ3v) is 3.46. The highest BCUT2D eigenvalue weighted by atomic mass is 32.1. The summed E-state index contributed by atoms with van der Waals surface area (Å²) >= 11 is 5.33. The van der Waals surface area contributed by atoms with Gasteiger partial charge < -0.3 is 15.4 Å². The van der Waals surface area contributed by atoms with E-state index in [1.54, 1.807) is 0 Å². The number of thiocarbonyl (C=S) groups is 1. The minimum atomic E-state index is 0.120. The van der Waals surface area contributed by atoms with Crippen molar-refractivity contribution in [3.63, 3.8) is 0 Å². The van der Waals surface area contributed by atoms with E-state index in [9.17, 15) is 0 Å². The van der Waals surface area contributed by atoms with Crippen molar-refractivity contribution in [3.05, 3.63) is 60.2 Å². The van der Waals surface area contributed by atoms with E-state index in [0.717, 1.165) is 17.9 Å². The van der Waals surface area contributed by atoms with Crippen molar-refractivity contribution in [1.82, 2.24) is 5.32 Å². The molecular formula is C18H22N2OS. The number of anilines is 1. The van der Waals surface area contributed by atoms with Crippen molar-refractivity contribution in [1.29, 1.82) is 0 Å². The lowest BCUT2D eigenvalue weighted by Gasteiger charge is -2.17. The molecule has 0 radical (unpaired) electrons. The number of hydrogen-bond acceptors (Lipinski definition) is 2. The topological polar surface area (TPSA) is 33.3 Å². The van der Waals surface area contributed by atoms with Crippen LogP contribution in [0.4, 0.5) is 5.69 Å². The molecule has 0 saturated heterocycles. The van der Waals surface area contributed by atoms with E-state index in [4.69, 9.17) is 17.0 Å². The highest BCUT2D eigenvalue weighted by molar-refractivity contribution is 7.80. The molecule has 0 saturated carbocycles. The van der Waals surface area contributed by atoms with Crippen LogP contribution in [0, 0.1) is 0 Å². The smallest absolute Gasteiger partial charge is 0.171 e. The van der Waals surface area contributed by atoms with E-state index >= 15 is 0 Å². The van der Waals surface area contributed by atoms with Gasteiger partial charge in [0.1, 0.15) is 12.4 Å². The molecular weight excluding hydrogens is 292 g/mol. The first-order chi connectivity index (χ1) is 10.7. The normalized spacial score (nSPS) is 11.5. The summed E-state index contributed by atoms with van der Waals surface area (Å²) in [6.07, 6.45) is 1.04. The number of rotatable bonds is 6. The zero-order chi connectivity index (χ0) is 15.8. The molecule has 0 unspecified atom stereocenters. The van der Waals surface area contributed by atoms with Crippen LogP contribution in [0.5, 0.6) is 5.75 Å². The highest BCUT2D eigenvalue weighted by Crippen LogP contribution is 2.10. The van der Waals surface area contributed by atoms with Crippen LogP contribution in [0.15, 0.2) is 54.6 Å². The van der Waals surface area contributed by atoms with Gasteiger partial charge in [0.2, 0.25) is 0 Å². The summed E-state index contributed by atoms with van der Waals surface area (Å²) in [7, 11) is 0. The van der Waals surface area contributed by atoms with Crippen molar-refractivity contribution in [2.75, 3.05) is 11.9 Å². The summed E-state index contributed by atoms with van der Waals surface area (Å²) in [4.78, 5) is 0. The van der Waals surface area contributed by atoms with Gasteiger partial charge in [-0.15, -0.1) is 0 Å². The maximum atomic E-state index is 5.70. The zero-order valence-electron chi connectivity index (χ0n) is 13.0. The van der Waals surface area contributed by atoms with E-state index in [1.807, 2.05) is 49.4 Å². The summed E-state index contributed by atoms with van der Waals surface area (Å²) in [6.45, 7) is 4.74. The van der Waals surface area contributed by atoms with Crippen molar-refractivity contribution in [3.8, 4) is 5.75 Å². The predicted molar refractivity (Wildman–Crippen MR) is 96.6 cm³/mol. The molecule has 3 nitrogen and oxygen atoms in total. The second kappa shape index (κ2) is 8.39. The average Bonchev–Trinajstić information content (AvgIpc) is 2.54. The number of ether oxygens (including phenoxy) is 1. The molecule has 0 aliphatic rings. The molecule has 0 aromatic heterocycles. The Morgan fingerprint density at radius 3 is 2.41 bits per heavy atom. The van der Waals surface area contributed by atoms with Gasteiger partial charge >= 0.3 is 0 Å². The molecule has 2 aromatic rings. The van der Waals surface area contributed by atoms with Crippen LogP contribution >= 0.6 is 12.2 Å². The van der Waals surface area contributed by atoms with Gasteiger partial charge in [-0.2, -0.15) is 0 Å². The fourth-order valence-corrected chi connectivity index (χ4v) is 2.31. The fourth-order valence-electron chi connectivity index (χ4n) is 1.99. The minimum absolute atomic E-state index is 0.120. The molecule has 0 aliphatic carbocycles. The van der Waals surface area contributed by atoms with Crippen molar-refractivity contribution >= 4 is 23.0 Å². The van der Waals surface area contributed by atoms with Crippen LogP contribution in [-0.2, 0) is 6.42 Å². The molecule has 2 aromatic carbocycles. The molecule has 4 heteroatoms. The number of nitrogens with one attached hydrogen (secondary N) is 2. The first kappa shape index (κ1) is 16.3. The molecule has 0 fully saturated rings. The van der Waals surface area contributed by atoms with Gasteiger partial charge in [0.15, 0.2) is 5.11 Å². The van der Waals surface area contributed by atoms with Gasteiger partial charge in [-0.25, -0.2) is 0 Å². The third kappa shape index (κ3) is 5.37. The lowest BCUT2D eigenvalue weighted by atomic mass is 10.1. The summed E-state index contributed by atoms with van der Waals surface area (Å²) < 4.78 is 5.70. The molecule has 0 spiro atoms. The minimum Gasteiger partial charge on any atom is -0.491 e. The maximum Gasteiger partial charge on any atom is 0.171 e. The molecule has 0 amide bonds. The monoisotopic (exact) mass is 314 g/mol. The second-order valence-corrected chi connectivity index (χ2v) is 5.58. The maximum absolute atomic E-state index is 5.70. The Bertz CT molecular complexity index is 584. The molecule has 0 aliphatic heterocycles. The van der Waals surface area contributed by atoms with Crippen LogP contribution in [0.3, 0.4) is 0 Å². The number of benzene rings is 2. The van der Waals surface area contributed by atoms with Gasteiger partial charge in [0.25, 0.3) is 0 Å². The Balaban J connectivity index is 1.75. The SMILES string of the molecule is CCc1ccc(NC(=S)N[C@@H](C)COc2ccccc2)cc1. The zero-order valence-corrected chi connectivity index (χ0v) is 13.8. The first-order valence-corrected chi connectivity index (χ1v) is 7.92. The first-order valence-electron chi connectivity index (χ1n) is 7.51. The molecule has 116 valence electrons. The van der Waals surface area contributed by atoms with E-state index in [-0.39, 0.29) is 6.04 Å². The lowest BCUT2D eigenvalue weighted by molar-refractivity contribution is 0.287. The third-order valence-electron chi connectivity index (χ3n) is 3.24. The second-order valence-electron chi connectivity index (χ2n) is 5.17. The lowest BCUT2D eigenvalue weighted by Crippen LogP contribution is -2.39. The molecule has 22 heavy (non-hydrogen) atoms. The Morgan fingerprint density at radius 1 is 1.09 bits per heavy atom. The summed E-state index contributed by atoms with van der Waals surface area (Å²) in [5.41, 5.74) is 2.31. The van der Waals surface area contributed by atoms with Crippen molar-refractivity contribution < 1.29 is 4.74 Å². The summed E-state index contributed by atoms with van der Waals surface area (Å²) in [5.74, 6) is 0.866. The molecule has 1 atom stereocenters. The van der Waals surface area contributed by atoms with Gasteiger partial charge in [0, 0.05) is 5.69 Å². The van der Waals surface area contributed by atoms with Gasteiger partial charge in [-0.1, -0.05) is 37.3 Å². The Morgan fingerprint density at radius 2 is 1.77 bits per heavy atom. The largest absolute Gasteiger partial charge is 0.491 e. The van der Waals surface area contributed by atoms with Gasteiger partial charge in [0.05, 0.1) is 6.04 Å². The van der Waals surface area contributed by atoms with Gasteiger partial charge in [-0.3, -0.25) is 0 Å². The van der Waals surface area contributed by atoms with E-state index < -0.39 is 0 Å².